The van der Waals surface area contributed by atoms with Gasteiger partial charge in [0.2, 0.25) is 0 Å². The Hall–Kier alpha value is -1.09. The Kier molecular flexibility index (Phi) is 2.56. The summed E-state index contributed by atoms with van der Waals surface area (Å²) in [6.45, 7) is 5.58. The summed E-state index contributed by atoms with van der Waals surface area (Å²) >= 11 is 0. The van der Waals surface area contributed by atoms with Crippen molar-refractivity contribution in [2.45, 2.75) is 25.8 Å². The SMILES string of the molecule is Cc1ccc(N2CC[C@@H]3CCN[C@@H]3C2)cn1. The van der Waals surface area contributed by atoms with Gasteiger partial charge in [0.15, 0.2) is 0 Å². The van der Waals surface area contributed by atoms with Crippen LogP contribution in [0, 0.1) is 12.8 Å². The zero-order chi connectivity index (χ0) is 11.0. The highest BCUT2D eigenvalue weighted by Crippen LogP contribution is 2.27. The van der Waals surface area contributed by atoms with Gasteiger partial charge in [0.1, 0.15) is 0 Å². The quantitative estimate of drug-likeness (QED) is 0.774. The van der Waals surface area contributed by atoms with Gasteiger partial charge in [-0.1, -0.05) is 0 Å². The Morgan fingerprint density at radius 3 is 3.12 bits per heavy atom. The summed E-state index contributed by atoms with van der Waals surface area (Å²) < 4.78 is 0. The van der Waals surface area contributed by atoms with Gasteiger partial charge in [-0.05, 0) is 44.4 Å². The van der Waals surface area contributed by atoms with Crippen LogP contribution in [0.4, 0.5) is 5.69 Å². The third-order valence-electron chi connectivity index (χ3n) is 3.94. The van der Waals surface area contributed by atoms with Crippen LogP contribution in [0.1, 0.15) is 18.5 Å². The van der Waals surface area contributed by atoms with Crippen LogP contribution in [0.15, 0.2) is 18.3 Å². The normalized spacial score (nSPS) is 29.2. The first-order valence-electron chi connectivity index (χ1n) is 6.24. The fourth-order valence-corrected chi connectivity index (χ4v) is 2.91. The minimum Gasteiger partial charge on any atom is -0.369 e. The number of aryl methyl sites for hydroxylation is 1. The van der Waals surface area contributed by atoms with Crippen molar-refractivity contribution in [3.63, 3.8) is 0 Å². The molecule has 0 amide bonds. The van der Waals surface area contributed by atoms with Crippen LogP contribution in [0.3, 0.4) is 0 Å². The lowest BCUT2D eigenvalue weighted by Gasteiger charge is -2.36. The van der Waals surface area contributed by atoms with E-state index in [0.29, 0.717) is 6.04 Å². The van der Waals surface area contributed by atoms with Crippen molar-refractivity contribution in [3.8, 4) is 0 Å². The van der Waals surface area contributed by atoms with Gasteiger partial charge in [-0.2, -0.15) is 0 Å². The fraction of sp³-hybridized carbons (Fsp3) is 0.615. The van der Waals surface area contributed by atoms with E-state index >= 15 is 0 Å². The van der Waals surface area contributed by atoms with Crippen molar-refractivity contribution in [2.75, 3.05) is 24.5 Å². The first-order valence-corrected chi connectivity index (χ1v) is 6.24. The first-order chi connectivity index (χ1) is 7.83. The molecule has 3 rings (SSSR count). The summed E-state index contributed by atoms with van der Waals surface area (Å²) in [5.74, 6) is 0.912. The maximum absolute atomic E-state index is 4.38. The van der Waals surface area contributed by atoms with Crippen LogP contribution in [0.5, 0.6) is 0 Å². The molecule has 3 heteroatoms. The predicted molar refractivity (Wildman–Crippen MR) is 65.7 cm³/mol. The molecule has 86 valence electrons. The standard InChI is InChI=1S/C13H19N3/c1-10-2-3-12(8-15-10)16-7-5-11-4-6-14-13(11)9-16/h2-3,8,11,13-14H,4-7,9H2,1H3/t11-,13+/m0/s1. The lowest BCUT2D eigenvalue weighted by atomic mass is 9.92. The average Bonchev–Trinajstić information content (AvgIpc) is 2.77. The summed E-state index contributed by atoms with van der Waals surface area (Å²) in [5, 5.41) is 3.61. The molecule has 3 heterocycles. The van der Waals surface area contributed by atoms with Crippen molar-refractivity contribution in [3.05, 3.63) is 24.0 Å². The van der Waals surface area contributed by atoms with Crippen molar-refractivity contribution in [2.24, 2.45) is 5.92 Å². The molecule has 0 radical (unpaired) electrons. The number of hydrogen-bond donors (Lipinski definition) is 1. The molecule has 16 heavy (non-hydrogen) atoms. The number of hydrogen-bond acceptors (Lipinski definition) is 3. The van der Waals surface area contributed by atoms with E-state index in [4.69, 9.17) is 0 Å². The van der Waals surface area contributed by atoms with E-state index < -0.39 is 0 Å². The molecule has 0 saturated carbocycles. The molecule has 3 nitrogen and oxygen atoms in total. The van der Waals surface area contributed by atoms with Crippen LogP contribution < -0.4 is 10.2 Å². The molecule has 2 fully saturated rings. The Balaban J connectivity index is 1.74. The Bertz CT molecular complexity index is 360. The summed E-state index contributed by atoms with van der Waals surface area (Å²) in [5.41, 5.74) is 2.37. The molecule has 0 aliphatic carbocycles. The maximum Gasteiger partial charge on any atom is 0.0553 e. The van der Waals surface area contributed by atoms with Gasteiger partial charge in [-0.25, -0.2) is 0 Å². The van der Waals surface area contributed by atoms with E-state index in [1.165, 1.54) is 31.6 Å². The van der Waals surface area contributed by atoms with Gasteiger partial charge >= 0.3 is 0 Å². The van der Waals surface area contributed by atoms with E-state index in [0.717, 1.165) is 18.2 Å². The minimum atomic E-state index is 0.704. The summed E-state index contributed by atoms with van der Waals surface area (Å²) in [6, 6.07) is 5.00. The fourth-order valence-electron chi connectivity index (χ4n) is 2.91. The second-order valence-corrected chi connectivity index (χ2v) is 5.00. The molecule has 1 N–H and O–H groups in total. The average molecular weight is 217 g/mol. The number of nitrogens with zero attached hydrogens (tertiary/aromatic N) is 2. The van der Waals surface area contributed by atoms with Crippen LogP contribution in [0.2, 0.25) is 0 Å². The molecule has 0 aromatic carbocycles. The number of fused-ring (bicyclic) bond motifs is 1. The first kappa shape index (κ1) is 10.1. The minimum absolute atomic E-state index is 0.704. The molecule has 0 bridgehead atoms. The molecular formula is C13H19N3. The van der Waals surface area contributed by atoms with Gasteiger partial charge in [0.05, 0.1) is 11.9 Å². The van der Waals surface area contributed by atoms with Crippen LogP contribution in [-0.2, 0) is 0 Å². The Labute approximate surface area is 96.9 Å². The highest BCUT2D eigenvalue weighted by Gasteiger charge is 2.32. The number of anilines is 1. The highest BCUT2D eigenvalue weighted by molar-refractivity contribution is 5.45. The number of rotatable bonds is 1. The second-order valence-electron chi connectivity index (χ2n) is 5.00. The molecule has 0 unspecified atom stereocenters. The number of aromatic nitrogens is 1. The van der Waals surface area contributed by atoms with Gasteiger partial charge in [0, 0.05) is 24.8 Å². The monoisotopic (exact) mass is 217 g/mol. The van der Waals surface area contributed by atoms with Gasteiger partial charge < -0.3 is 10.2 Å². The largest absolute Gasteiger partial charge is 0.369 e. The molecule has 2 aliphatic heterocycles. The lowest BCUT2D eigenvalue weighted by molar-refractivity contribution is 0.373. The van der Waals surface area contributed by atoms with Gasteiger partial charge in [-0.15, -0.1) is 0 Å². The topological polar surface area (TPSA) is 28.2 Å². The predicted octanol–water partition coefficient (Wildman–Crippen LogP) is 1.58. The van der Waals surface area contributed by atoms with Crippen molar-refractivity contribution < 1.29 is 0 Å². The number of nitrogens with one attached hydrogen (secondary N) is 1. The summed E-state index contributed by atoms with van der Waals surface area (Å²) in [4.78, 5) is 6.84. The molecule has 2 aliphatic rings. The molecular weight excluding hydrogens is 198 g/mol. The van der Waals surface area contributed by atoms with Crippen molar-refractivity contribution >= 4 is 5.69 Å². The molecule has 1 aromatic rings. The highest BCUT2D eigenvalue weighted by atomic mass is 15.2. The van der Waals surface area contributed by atoms with Crippen LogP contribution in [-0.4, -0.2) is 30.7 Å². The zero-order valence-corrected chi connectivity index (χ0v) is 9.82. The van der Waals surface area contributed by atoms with Crippen LogP contribution >= 0.6 is 0 Å². The van der Waals surface area contributed by atoms with E-state index in [1.54, 1.807) is 0 Å². The van der Waals surface area contributed by atoms with Gasteiger partial charge in [0.25, 0.3) is 0 Å². The smallest absolute Gasteiger partial charge is 0.0553 e. The van der Waals surface area contributed by atoms with E-state index in [-0.39, 0.29) is 0 Å². The molecule has 1 aromatic heterocycles. The molecule has 2 saturated heterocycles. The maximum atomic E-state index is 4.38. The number of piperidine rings is 1. The lowest BCUT2D eigenvalue weighted by Crippen LogP contribution is -2.46. The zero-order valence-electron chi connectivity index (χ0n) is 9.82. The Morgan fingerprint density at radius 2 is 2.31 bits per heavy atom. The second kappa shape index (κ2) is 4.06. The number of pyridine rings is 1. The van der Waals surface area contributed by atoms with Crippen LogP contribution in [0.25, 0.3) is 0 Å². The van der Waals surface area contributed by atoms with E-state index in [2.05, 4.69) is 27.3 Å². The molecule has 2 atom stereocenters. The van der Waals surface area contributed by atoms with E-state index in [1.807, 2.05) is 13.1 Å². The van der Waals surface area contributed by atoms with Crippen molar-refractivity contribution in [1.82, 2.24) is 10.3 Å². The third kappa shape index (κ3) is 1.80. The van der Waals surface area contributed by atoms with Crippen molar-refractivity contribution in [1.29, 1.82) is 0 Å². The summed E-state index contributed by atoms with van der Waals surface area (Å²) in [6.07, 6.45) is 4.70. The summed E-state index contributed by atoms with van der Waals surface area (Å²) in [7, 11) is 0. The van der Waals surface area contributed by atoms with Gasteiger partial charge in [-0.3, -0.25) is 4.98 Å². The van der Waals surface area contributed by atoms with E-state index in [9.17, 15) is 0 Å². The third-order valence-corrected chi connectivity index (χ3v) is 3.94. The Morgan fingerprint density at radius 1 is 1.38 bits per heavy atom. The molecule has 0 spiro atoms.